The van der Waals surface area contributed by atoms with Crippen molar-refractivity contribution >= 4 is 22.1 Å². The van der Waals surface area contributed by atoms with Gasteiger partial charge < -0.3 is 29.3 Å². The van der Waals surface area contributed by atoms with Crippen LogP contribution < -0.4 is 14.8 Å². The molecule has 0 fully saturated rings. The van der Waals surface area contributed by atoms with Gasteiger partial charge in [-0.3, -0.25) is 0 Å². The number of H-pyrrole nitrogens is 2. The van der Waals surface area contributed by atoms with Gasteiger partial charge in [-0.25, -0.2) is 22.5 Å². The normalized spacial score (nSPS) is 17.1. The zero-order valence-corrected chi connectivity index (χ0v) is 24.4. The van der Waals surface area contributed by atoms with Crippen LogP contribution in [0.2, 0.25) is 0 Å². The molecule has 0 saturated carbocycles. The Morgan fingerprint density at radius 3 is 2.73 bits per heavy atom. The first-order valence-electron chi connectivity index (χ1n) is 13.7. The van der Waals surface area contributed by atoms with E-state index in [0.29, 0.717) is 24.5 Å². The SMILES string of the molecule is C[S+]([O-])c1c(Oc2ccc(F)c(-c3nc(C4(C)CCOc5c(CNCC(F)F)cccc54)c[nH]3)c2)c(F)c(F)c2[nH]ccc12. The lowest BCUT2D eigenvalue weighted by Crippen LogP contribution is -2.32. The molecule has 2 unspecified atom stereocenters. The topological polar surface area (TPSA) is 98.0 Å². The molecule has 0 bridgehead atoms. The van der Waals surface area contributed by atoms with Gasteiger partial charge in [0.25, 0.3) is 6.43 Å². The van der Waals surface area contributed by atoms with Gasteiger partial charge in [-0.05, 0) is 48.8 Å². The van der Waals surface area contributed by atoms with Crippen molar-refractivity contribution in [3.63, 3.8) is 0 Å². The van der Waals surface area contributed by atoms with Crippen LogP contribution in [0.3, 0.4) is 0 Å². The molecule has 2 atom stereocenters. The van der Waals surface area contributed by atoms with E-state index >= 15 is 8.78 Å². The van der Waals surface area contributed by atoms with Crippen molar-refractivity contribution in [1.82, 2.24) is 20.3 Å². The van der Waals surface area contributed by atoms with Gasteiger partial charge in [0.1, 0.15) is 29.4 Å². The maximum Gasteiger partial charge on any atom is 0.250 e. The molecule has 44 heavy (non-hydrogen) atoms. The summed E-state index contributed by atoms with van der Waals surface area (Å²) < 4.78 is 94.6. The fraction of sp³-hybridized carbons (Fsp3) is 0.258. The second-order valence-corrected chi connectivity index (χ2v) is 11.9. The molecule has 3 heterocycles. The molecule has 0 aliphatic carbocycles. The van der Waals surface area contributed by atoms with Gasteiger partial charge in [-0.15, -0.1) is 0 Å². The molecular formula is C31H27F5N4O3S. The summed E-state index contributed by atoms with van der Waals surface area (Å²) in [4.78, 5) is 10.3. The fourth-order valence-electron chi connectivity index (χ4n) is 5.56. The van der Waals surface area contributed by atoms with E-state index in [-0.39, 0.29) is 39.5 Å². The molecule has 13 heteroatoms. The highest BCUT2D eigenvalue weighted by Gasteiger charge is 2.38. The summed E-state index contributed by atoms with van der Waals surface area (Å²) in [6, 6.07) is 10.7. The Hall–Kier alpha value is -4.07. The van der Waals surface area contributed by atoms with E-state index < -0.39 is 52.8 Å². The van der Waals surface area contributed by atoms with E-state index in [1.807, 2.05) is 25.1 Å². The molecule has 5 aromatic rings. The minimum Gasteiger partial charge on any atom is -0.612 e. The maximum absolute atomic E-state index is 15.1. The standard InChI is InChI=1S/C31H27F5N4O3S/c1-31(9-11-42-27-16(4-3-5-20(27)31)13-37-15-23(33)34)22-14-39-30(40-22)19-12-17(6-7-21(19)32)43-28-25(36)24(35)26-18(8-10-38-26)29(28)44(2)41/h3-8,10,12,14,23,37-38H,9,11,13,15H2,1-2H3,(H,39,40). The van der Waals surface area contributed by atoms with Gasteiger partial charge in [0.05, 0.1) is 35.3 Å². The lowest BCUT2D eigenvalue weighted by atomic mass is 9.75. The molecule has 6 rings (SSSR count). The summed E-state index contributed by atoms with van der Waals surface area (Å²) >= 11 is -1.75. The Morgan fingerprint density at radius 1 is 1.14 bits per heavy atom. The Labute approximate surface area is 252 Å². The van der Waals surface area contributed by atoms with E-state index in [1.54, 1.807) is 6.20 Å². The van der Waals surface area contributed by atoms with Gasteiger partial charge in [0, 0.05) is 35.5 Å². The van der Waals surface area contributed by atoms with E-state index in [4.69, 9.17) is 14.5 Å². The third-order valence-corrected chi connectivity index (χ3v) is 8.79. The van der Waals surface area contributed by atoms with Crippen LogP contribution in [0.1, 0.15) is 30.2 Å². The maximum atomic E-state index is 15.1. The van der Waals surface area contributed by atoms with Crippen molar-refractivity contribution in [2.75, 3.05) is 19.4 Å². The number of fused-ring (bicyclic) bond motifs is 2. The van der Waals surface area contributed by atoms with Crippen LogP contribution in [-0.2, 0) is 23.1 Å². The molecule has 230 valence electrons. The van der Waals surface area contributed by atoms with Crippen LogP contribution in [0, 0.1) is 17.5 Å². The number of ether oxygens (including phenoxy) is 2. The van der Waals surface area contributed by atoms with Crippen molar-refractivity contribution < 1.29 is 36.0 Å². The number of halogens is 5. The predicted octanol–water partition coefficient (Wildman–Crippen LogP) is 6.95. The van der Waals surface area contributed by atoms with Gasteiger partial charge in [0.15, 0.2) is 5.82 Å². The number of nitrogens with zero attached hydrogens (tertiary/aromatic N) is 1. The first-order chi connectivity index (χ1) is 21.1. The molecule has 0 spiro atoms. The average molecular weight is 631 g/mol. The van der Waals surface area contributed by atoms with Crippen molar-refractivity contribution in [2.45, 2.75) is 36.6 Å². The lowest BCUT2D eigenvalue weighted by Gasteiger charge is -2.35. The monoisotopic (exact) mass is 630 g/mol. The van der Waals surface area contributed by atoms with Gasteiger partial charge in [0.2, 0.25) is 16.5 Å². The number of hydrogen-bond donors (Lipinski definition) is 3. The predicted molar refractivity (Wildman–Crippen MR) is 155 cm³/mol. The van der Waals surface area contributed by atoms with E-state index in [9.17, 15) is 17.7 Å². The number of imidazole rings is 1. The van der Waals surface area contributed by atoms with Crippen LogP contribution in [0.15, 0.2) is 59.8 Å². The van der Waals surface area contributed by atoms with E-state index in [1.165, 1.54) is 30.7 Å². The third kappa shape index (κ3) is 5.29. The zero-order valence-electron chi connectivity index (χ0n) is 23.6. The van der Waals surface area contributed by atoms with Gasteiger partial charge in [-0.1, -0.05) is 18.2 Å². The van der Waals surface area contributed by atoms with Crippen LogP contribution in [0.25, 0.3) is 22.3 Å². The van der Waals surface area contributed by atoms with Crippen LogP contribution in [0.4, 0.5) is 22.0 Å². The third-order valence-electron chi connectivity index (χ3n) is 7.81. The summed E-state index contributed by atoms with van der Waals surface area (Å²) in [6.45, 7) is 2.08. The smallest absolute Gasteiger partial charge is 0.250 e. The molecule has 0 radical (unpaired) electrons. The number of benzene rings is 3. The van der Waals surface area contributed by atoms with Gasteiger partial charge >= 0.3 is 0 Å². The molecule has 7 nitrogen and oxygen atoms in total. The molecule has 0 amide bonds. The minimum atomic E-state index is -2.48. The highest BCUT2D eigenvalue weighted by Crippen LogP contribution is 2.45. The summed E-state index contributed by atoms with van der Waals surface area (Å²) in [5.74, 6) is -2.99. The number of nitrogens with one attached hydrogen (secondary N) is 3. The highest BCUT2D eigenvalue weighted by molar-refractivity contribution is 7.91. The Bertz CT molecular complexity index is 1840. The van der Waals surface area contributed by atoms with Crippen molar-refractivity contribution in [1.29, 1.82) is 0 Å². The van der Waals surface area contributed by atoms with Crippen molar-refractivity contribution in [3.05, 3.63) is 89.1 Å². The second kappa shape index (κ2) is 11.8. The molecular weight excluding hydrogens is 603 g/mol. The zero-order chi connectivity index (χ0) is 31.2. The average Bonchev–Trinajstić information content (AvgIpc) is 3.68. The van der Waals surface area contributed by atoms with Crippen LogP contribution >= 0.6 is 0 Å². The Balaban J connectivity index is 1.33. The molecule has 1 aliphatic rings. The van der Waals surface area contributed by atoms with E-state index in [0.717, 1.165) is 17.2 Å². The lowest BCUT2D eigenvalue weighted by molar-refractivity contribution is 0.145. The summed E-state index contributed by atoms with van der Waals surface area (Å²) in [6.07, 6.45) is 2.46. The number of aromatic nitrogens is 3. The summed E-state index contributed by atoms with van der Waals surface area (Å²) in [5.41, 5.74) is 1.36. The Morgan fingerprint density at radius 2 is 1.95 bits per heavy atom. The largest absolute Gasteiger partial charge is 0.612 e. The van der Waals surface area contributed by atoms with Crippen LogP contribution in [0.5, 0.6) is 17.2 Å². The minimum absolute atomic E-state index is 0.0114. The fourth-order valence-corrected chi connectivity index (χ4v) is 6.43. The quantitative estimate of drug-likeness (QED) is 0.121. The second-order valence-electron chi connectivity index (χ2n) is 10.6. The molecule has 1 aliphatic heterocycles. The summed E-state index contributed by atoms with van der Waals surface area (Å²) in [5, 5.41) is 2.93. The van der Waals surface area contributed by atoms with Gasteiger partial charge in [-0.2, -0.15) is 4.39 Å². The highest BCUT2D eigenvalue weighted by atomic mass is 32.2. The van der Waals surface area contributed by atoms with E-state index in [2.05, 4.69) is 15.3 Å². The summed E-state index contributed by atoms with van der Waals surface area (Å²) in [7, 11) is 0. The number of aromatic amines is 2. The molecule has 3 N–H and O–H groups in total. The molecule has 3 aromatic carbocycles. The number of rotatable bonds is 9. The number of hydrogen-bond acceptors (Lipinski definition) is 5. The van der Waals surface area contributed by atoms with Crippen molar-refractivity contribution in [3.8, 4) is 28.6 Å². The first kappa shape index (κ1) is 30.0. The Kier molecular flexibility index (Phi) is 8.03. The molecule has 2 aromatic heterocycles. The number of alkyl halides is 2. The molecule has 0 saturated heterocycles. The van der Waals surface area contributed by atoms with Crippen molar-refractivity contribution in [2.24, 2.45) is 0 Å². The number of para-hydroxylation sites is 1. The van der Waals surface area contributed by atoms with Crippen LogP contribution in [-0.4, -0.2) is 45.3 Å². The first-order valence-corrected chi connectivity index (χ1v) is 15.2.